The first-order valence-electron chi connectivity index (χ1n) is 9.75. The summed E-state index contributed by atoms with van der Waals surface area (Å²) in [5.41, 5.74) is 1.39. The van der Waals surface area contributed by atoms with Gasteiger partial charge >= 0.3 is 5.97 Å². The summed E-state index contributed by atoms with van der Waals surface area (Å²) in [6, 6.07) is 15.7. The van der Waals surface area contributed by atoms with Crippen LogP contribution in [0.1, 0.15) is 17.3 Å². The first kappa shape index (κ1) is 21.6. The number of rotatable bonds is 6. The van der Waals surface area contributed by atoms with Crippen LogP contribution in [-0.2, 0) is 14.3 Å². The van der Waals surface area contributed by atoms with Gasteiger partial charge in [-0.3, -0.25) is 9.59 Å². The second kappa shape index (κ2) is 10.1. The molecule has 0 saturated carbocycles. The van der Waals surface area contributed by atoms with Crippen LogP contribution in [0.15, 0.2) is 54.6 Å². The number of piperazine rings is 1. The summed E-state index contributed by atoms with van der Waals surface area (Å²) < 4.78 is 5.11. The van der Waals surface area contributed by atoms with Gasteiger partial charge in [0.25, 0.3) is 11.8 Å². The lowest BCUT2D eigenvalue weighted by Crippen LogP contribution is -2.50. The fourth-order valence-electron chi connectivity index (χ4n) is 3.18. The smallest absolute Gasteiger partial charge is 0.328 e. The van der Waals surface area contributed by atoms with Crippen molar-refractivity contribution >= 4 is 35.1 Å². The zero-order valence-corrected chi connectivity index (χ0v) is 17.5. The third-order valence-electron chi connectivity index (χ3n) is 4.91. The van der Waals surface area contributed by atoms with E-state index in [9.17, 15) is 14.4 Å². The van der Waals surface area contributed by atoms with E-state index in [0.717, 1.165) is 5.69 Å². The molecule has 1 aliphatic rings. The minimum absolute atomic E-state index is 0.249. The Hall–Kier alpha value is -3.06. The predicted molar refractivity (Wildman–Crippen MR) is 115 cm³/mol. The largest absolute Gasteiger partial charge is 0.454 e. The van der Waals surface area contributed by atoms with Crippen molar-refractivity contribution in [3.05, 3.63) is 65.2 Å². The normalized spacial score (nSPS) is 14.7. The number of carbonyl (C=O) groups excluding carboxylic acids is 3. The highest BCUT2D eigenvalue weighted by Crippen LogP contribution is 2.16. The van der Waals surface area contributed by atoms with E-state index in [4.69, 9.17) is 16.3 Å². The van der Waals surface area contributed by atoms with Crippen LogP contribution in [0.5, 0.6) is 0 Å². The maximum absolute atomic E-state index is 12.4. The number of hydrogen-bond acceptors (Lipinski definition) is 5. The molecule has 0 aliphatic carbocycles. The maximum atomic E-state index is 12.4. The molecule has 1 N–H and O–H groups in total. The first-order valence-corrected chi connectivity index (χ1v) is 10.1. The van der Waals surface area contributed by atoms with E-state index >= 15 is 0 Å². The van der Waals surface area contributed by atoms with Crippen molar-refractivity contribution in [1.29, 1.82) is 0 Å². The Labute approximate surface area is 180 Å². The van der Waals surface area contributed by atoms with E-state index in [-0.39, 0.29) is 18.1 Å². The van der Waals surface area contributed by atoms with Crippen LogP contribution in [0.2, 0.25) is 5.02 Å². The first-order chi connectivity index (χ1) is 14.5. The van der Waals surface area contributed by atoms with Crippen molar-refractivity contribution in [2.45, 2.75) is 13.0 Å². The number of esters is 1. The Morgan fingerprint density at radius 1 is 1.00 bits per heavy atom. The zero-order chi connectivity index (χ0) is 21.5. The van der Waals surface area contributed by atoms with Crippen LogP contribution < -0.4 is 10.2 Å². The van der Waals surface area contributed by atoms with Gasteiger partial charge in [-0.2, -0.15) is 0 Å². The molecule has 0 spiro atoms. The lowest BCUT2D eigenvalue weighted by Gasteiger charge is -2.36. The Bertz CT molecular complexity index is 898. The number of hydrogen-bond donors (Lipinski definition) is 1. The highest BCUT2D eigenvalue weighted by Gasteiger charge is 2.24. The number of benzene rings is 2. The number of ether oxygens (including phenoxy) is 1. The molecule has 1 saturated heterocycles. The van der Waals surface area contributed by atoms with Gasteiger partial charge in [0.15, 0.2) is 6.61 Å². The van der Waals surface area contributed by atoms with Crippen LogP contribution in [-0.4, -0.2) is 61.5 Å². The van der Waals surface area contributed by atoms with Crippen molar-refractivity contribution in [2.75, 3.05) is 37.7 Å². The highest BCUT2D eigenvalue weighted by atomic mass is 35.5. The summed E-state index contributed by atoms with van der Waals surface area (Å²) in [6.45, 7) is 3.70. The van der Waals surface area contributed by atoms with E-state index in [1.54, 1.807) is 29.2 Å². The Morgan fingerprint density at radius 2 is 1.63 bits per heavy atom. The molecular weight excluding hydrogens is 406 g/mol. The fraction of sp³-hybridized carbons (Fsp3) is 0.318. The van der Waals surface area contributed by atoms with Gasteiger partial charge in [-0.25, -0.2) is 4.79 Å². The third kappa shape index (κ3) is 5.51. The summed E-state index contributed by atoms with van der Waals surface area (Å²) >= 11 is 5.99. The highest BCUT2D eigenvalue weighted by molar-refractivity contribution is 6.33. The van der Waals surface area contributed by atoms with E-state index in [1.165, 1.54) is 6.92 Å². The molecule has 1 aliphatic heterocycles. The molecule has 3 rings (SSSR count). The predicted octanol–water partition coefficient (Wildman–Crippen LogP) is 2.35. The number of anilines is 1. The second-order valence-electron chi connectivity index (χ2n) is 6.99. The number of nitrogens with zero attached hydrogens (tertiary/aromatic N) is 2. The molecule has 8 heteroatoms. The van der Waals surface area contributed by atoms with E-state index in [1.807, 2.05) is 30.3 Å². The monoisotopic (exact) mass is 429 g/mol. The lowest BCUT2D eigenvalue weighted by atomic mass is 10.2. The molecule has 0 aromatic heterocycles. The summed E-state index contributed by atoms with van der Waals surface area (Å²) in [4.78, 5) is 40.7. The number of carbonyl (C=O) groups is 3. The van der Waals surface area contributed by atoms with Gasteiger partial charge in [0, 0.05) is 31.9 Å². The Balaban J connectivity index is 1.42. The van der Waals surface area contributed by atoms with Crippen LogP contribution in [0.3, 0.4) is 0 Å². The number of amides is 2. The van der Waals surface area contributed by atoms with Crippen molar-refractivity contribution in [3.63, 3.8) is 0 Å². The topological polar surface area (TPSA) is 78.9 Å². The van der Waals surface area contributed by atoms with E-state index in [2.05, 4.69) is 10.2 Å². The van der Waals surface area contributed by atoms with Crippen LogP contribution in [0.25, 0.3) is 0 Å². The zero-order valence-electron chi connectivity index (χ0n) is 16.7. The summed E-state index contributed by atoms with van der Waals surface area (Å²) in [6.07, 6.45) is 0. The quantitative estimate of drug-likeness (QED) is 0.713. The van der Waals surface area contributed by atoms with Crippen molar-refractivity contribution < 1.29 is 19.1 Å². The number of para-hydroxylation sites is 1. The van der Waals surface area contributed by atoms with Gasteiger partial charge in [0.2, 0.25) is 0 Å². The molecule has 0 bridgehead atoms. The van der Waals surface area contributed by atoms with Crippen molar-refractivity contribution in [3.8, 4) is 0 Å². The molecule has 0 unspecified atom stereocenters. The molecule has 1 fully saturated rings. The van der Waals surface area contributed by atoms with Gasteiger partial charge < -0.3 is 19.9 Å². The molecule has 158 valence electrons. The molecule has 2 aromatic rings. The molecule has 2 amide bonds. The molecule has 1 atom stereocenters. The minimum Gasteiger partial charge on any atom is -0.454 e. The fourth-order valence-corrected chi connectivity index (χ4v) is 3.40. The summed E-state index contributed by atoms with van der Waals surface area (Å²) in [5.74, 6) is -1.40. The lowest BCUT2D eigenvalue weighted by molar-refractivity contribution is -0.153. The molecule has 2 aromatic carbocycles. The summed E-state index contributed by atoms with van der Waals surface area (Å²) in [7, 11) is 0. The second-order valence-corrected chi connectivity index (χ2v) is 7.39. The molecule has 0 radical (unpaired) electrons. The molecule has 1 heterocycles. The SMILES string of the molecule is C[C@H](NC(=O)c1ccccc1Cl)C(=O)OCC(=O)N1CCN(c2ccccc2)CC1. The number of halogens is 1. The van der Waals surface area contributed by atoms with Gasteiger partial charge in [-0.1, -0.05) is 41.9 Å². The van der Waals surface area contributed by atoms with Gasteiger partial charge in [0.05, 0.1) is 10.6 Å². The molecule has 30 heavy (non-hydrogen) atoms. The Kier molecular flexibility index (Phi) is 7.30. The van der Waals surface area contributed by atoms with Crippen LogP contribution in [0.4, 0.5) is 5.69 Å². The molecular formula is C22H24ClN3O4. The van der Waals surface area contributed by atoms with Crippen LogP contribution in [0, 0.1) is 0 Å². The average molecular weight is 430 g/mol. The van der Waals surface area contributed by atoms with Crippen LogP contribution >= 0.6 is 11.6 Å². The molecule has 7 nitrogen and oxygen atoms in total. The van der Waals surface area contributed by atoms with E-state index < -0.39 is 17.9 Å². The third-order valence-corrected chi connectivity index (χ3v) is 5.24. The van der Waals surface area contributed by atoms with Gasteiger partial charge in [0.1, 0.15) is 6.04 Å². The maximum Gasteiger partial charge on any atom is 0.328 e. The summed E-state index contributed by atoms with van der Waals surface area (Å²) in [5, 5.41) is 2.83. The number of nitrogens with one attached hydrogen (secondary N) is 1. The van der Waals surface area contributed by atoms with Gasteiger partial charge in [-0.05, 0) is 31.2 Å². The Morgan fingerprint density at radius 3 is 2.30 bits per heavy atom. The minimum atomic E-state index is -0.906. The van der Waals surface area contributed by atoms with Crippen molar-refractivity contribution in [2.24, 2.45) is 0 Å². The van der Waals surface area contributed by atoms with Gasteiger partial charge in [-0.15, -0.1) is 0 Å². The average Bonchev–Trinajstić information content (AvgIpc) is 2.78. The van der Waals surface area contributed by atoms with E-state index in [0.29, 0.717) is 31.2 Å². The van der Waals surface area contributed by atoms with Crippen molar-refractivity contribution in [1.82, 2.24) is 10.2 Å². The standard InChI is InChI=1S/C22H24ClN3O4/c1-16(24-21(28)18-9-5-6-10-19(18)23)22(29)30-15-20(27)26-13-11-25(12-14-26)17-7-3-2-4-8-17/h2-10,16H,11-15H2,1H3,(H,24,28)/t16-/m0/s1.